The van der Waals surface area contributed by atoms with E-state index in [9.17, 15) is 0 Å². The van der Waals surface area contributed by atoms with Crippen LogP contribution in [-0.2, 0) is 12.6 Å². The van der Waals surface area contributed by atoms with E-state index in [-0.39, 0.29) is 14.5 Å². The zero-order valence-corrected chi connectivity index (χ0v) is 20.2. The summed E-state index contributed by atoms with van der Waals surface area (Å²) in [6, 6.07) is 42.9. The van der Waals surface area contributed by atoms with Crippen LogP contribution in [0, 0.1) is 0 Å². The fourth-order valence-electron chi connectivity index (χ4n) is 3.98. The molecule has 0 spiro atoms. The van der Waals surface area contributed by atoms with Crippen LogP contribution in [0.3, 0.4) is 0 Å². The molecular formula is C27H20NPSSe. The van der Waals surface area contributed by atoms with Crippen molar-refractivity contribution in [1.29, 1.82) is 0 Å². The topological polar surface area (TPSA) is 12.9 Å². The van der Waals surface area contributed by atoms with Gasteiger partial charge in [-0.15, -0.1) is 0 Å². The van der Waals surface area contributed by atoms with E-state index < -0.39 is 7.26 Å². The molecule has 0 fully saturated rings. The van der Waals surface area contributed by atoms with Crippen molar-refractivity contribution in [3.05, 3.63) is 121 Å². The predicted molar refractivity (Wildman–Crippen MR) is 137 cm³/mol. The first-order valence-electron chi connectivity index (χ1n) is 10.1. The van der Waals surface area contributed by atoms with Crippen LogP contribution < -0.4 is 21.3 Å². The van der Waals surface area contributed by atoms with Crippen LogP contribution in [0.25, 0.3) is 10.1 Å². The van der Waals surface area contributed by atoms with E-state index in [2.05, 4.69) is 115 Å². The molecule has 150 valence electrons. The number of rotatable bonds is 5. The third-order valence-electron chi connectivity index (χ3n) is 5.35. The van der Waals surface area contributed by atoms with Crippen molar-refractivity contribution >= 4 is 55.7 Å². The molecule has 5 rings (SSSR count). The molecule has 0 bridgehead atoms. The molecule has 31 heavy (non-hydrogen) atoms. The van der Waals surface area contributed by atoms with Crippen molar-refractivity contribution in [3.63, 3.8) is 0 Å². The van der Waals surface area contributed by atoms with Gasteiger partial charge in [0.1, 0.15) is 0 Å². The second-order valence-corrected chi connectivity index (χ2v) is 13.6. The van der Waals surface area contributed by atoms with E-state index in [1.807, 2.05) is 6.07 Å². The first-order chi connectivity index (χ1) is 15.3. The van der Waals surface area contributed by atoms with Gasteiger partial charge in [0.25, 0.3) is 0 Å². The van der Waals surface area contributed by atoms with Crippen LogP contribution >= 0.6 is 7.26 Å². The number of hydrogen-bond donors (Lipinski definition) is 0. The summed E-state index contributed by atoms with van der Waals surface area (Å²) in [6.45, 7) is 0. The van der Waals surface area contributed by atoms with Crippen molar-refractivity contribution in [2.75, 3.05) is 0 Å². The summed E-state index contributed by atoms with van der Waals surface area (Å²) in [5, 5.41) is 3.87. The molecule has 0 saturated carbocycles. The molecule has 0 saturated heterocycles. The van der Waals surface area contributed by atoms with Gasteiger partial charge in [-0.3, -0.25) is 0 Å². The summed E-state index contributed by atoms with van der Waals surface area (Å²) in [4.78, 5) is 5.31. The van der Waals surface area contributed by atoms with Gasteiger partial charge in [-0.1, -0.05) is 0 Å². The van der Waals surface area contributed by atoms with Gasteiger partial charge < -0.3 is 0 Å². The monoisotopic (exact) mass is 501 g/mol. The molecule has 1 aromatic heterocycles. The standard InChI is InChI=1S/C27H20NPSSe/c30-27-25(28-26(31-27)21-13-5-1-6-14-21)29(22-15-7-2-8-16-22,23-17-9-3-10-18-23)24-19-11-4-12-20-24/h1-20H. The summed E-state index contributed by atoms with van der Waals surface area (Å²) >= 11 is 6.11. The zero-order valence-electron chi connectivity index (χ0n) is 16.8. The summed E-state index contributed by atoms with van der Waals surface area (Å²) < 4.78 is 2.14. The van der Waals surface area contributed by atoms with Gasteiger partial charge in [0.15, 0.2) is 0 Å². The number of benzene rings is 4. The van der Waals surface area contributed by atoms with E-state index in [1.54, 1.807) is 0 Å². The summed E-state index contributed by atoms with van der Waals surface area (Å²) in [7, 11) is -2.21. The Morgan fingerprint density at radius 1 is 0.548 bits per heavy atom. The Labute approximate surface area is 195 Å². The van der Waals surface area contributed by atoms with Crippen molar-refractivity contribution in [2.24, 2.45) is 0 Å². The van der Waals surface area contributed by atoms with Crippen molar-refractivity contribution < 1.29 is 0 Å². The van der Waals surface area contributed by atoms with E-state index in [1.165, 1.54) is 21.5 Å². The molecule has 0 aliphatic carbocycles. The molecule has 0 aliphatic rings. The summed E-state index contributed by atoms with van der Waals surface area (Å²) in [6.07, 6.45) is 0. The molecule has 0 atom stereocenters. The molecule has 4 aromatic carbocycles. The maximum absolute atomic E-state index is 6.07. The van der Waals surface area contributed by atoms with Gasteiger partial charge >= 0.3 is 196 Å². The molecule has 1 nitrogen and oxygen atoms in total. The van der Waals surface area contributed by atoms with Crippen molar-refractivity contribution in [2.45, 2.75) is 3.77 Å². The van der Waals surface area contributed by atoms with E-state index in [0.717, 1.165) is 13.8 Å². The van der Waals surface area contributed by atoms with Gasteiger partial charge in [-0.2, -0.15) is 0 Å². The molecule has 0 N–H and O–H groups in total. The van der Waals surface area contributed by atoms with Gasteiger partial charge in [0, 0.05) is 0 Å². The molecule has 4 heteroatoms. The zero-order chi connectivity index (χ0) is 21.1. The van der Waals surface area contributed by atoms with Crippen LogP contribution in [0.4, 0.5) is 0 Å². The van der Waals surface area contributed by atoms with E-state index in [0.29, 0.717) is 0 Å². The third kappa shape index (κ3) is 3.69. The quantitative estimate of drug-likeness (QED) is 0.203. The Hall–Kier alpha value is -2.54. The van der Waals surface area contributed by atoms with Crippen LogP contribution in [0.1, 0.15) is 0 Å². The van der Waals surface area contributed by atoms with E-state index in [4.69, 9.17) is 17.6 Å². The Morgan fingerprint density at radius 3 is 1.35 bits per heavy atom. The minimum atomic E-state index is -2.21. The molecule has 0 radical (unpaired) electrons. The Bertz CT molecular complexity index is 1180. The van der Waals surface area contributed by atoms with Crippen molar-refractivity contribution in [3.8, 4) is 10.1 Å². The maximum atomic E-state index is 6.07. The summed E-state index contributed by atoms with van der Waals surface area (Å²) in [5.74, 6) is 0. The first kappa shape index (κ1) is 20.4. The molecule has 5 aromatic rings. The molecule has 0 unspecified atom stereocenters. The molecule has 0 amide bonds. The first-order valence-corrected chi connectivity index (χ1v) is 14.0. The number of aromatic nitrogens is 1. The van der Waals surface area contributed by atoms with Crippen molar-refractivity contribution in [1.82, 2.24) is 4.98 Å². The van der Waals surface area contributed by atoms with Crippen LogP contribution in [-0.4, -0.2) is 19.5 Å². The second-order valence-electron chi connectivity index (χ2n) is 7.17. The van der Waals surface area contributed by atoms with Crippen LogP contribution in [0.2, 0.25) is 0 Å². The summed E-state index contributed by atoms with van der Waals surface area (Å²) in [5.41, 5.74) is 2.26. The SMILES string of the molecule is [S-]c1[se]c(-c2ccccc2)nc1[P+](c1ccccc1)(c1ccccc1)c1ccccc1. The average molecular weight is 500 g/mol. The Kier molecular flexibility index (Phi) is 5.85. The van der Waals surface area contributed by atoms with Gasteiger partial charge in [-0.05, 0) is 0 Å². The average Bonchev–Trinajstić information content (AvgIpc) is 3.24. The van der Waals surface area contributed by atoms with Gasteiger partial charge in [0.05, 0.1) is 0 Å². The van der Waals surface area contributed by atoms with Gasteiger partial charge in [0.2, 0.25) is 0 Å². The number of hydrogen-bond acceptors (Lipinski definition) is 2. The minimum absolute atomic E-state index is 0.0373. The predicted octanol–water partition coefficient (Wildman–Crippen LogP) is 4.33. The fourth-order valence-corrected chi connectivity index (χ4v) is 11.6. The van der Waals surface area contributed by atoms with Crippen LogP contribution in [0.15, 0.2) is 125 Å². The normalized spacial score (nSPS) is 11.4. The number of nitrogens with zero attached hydrogens (tertiary/aromatic N) is 1. The molecule has 1 heterocycles. The van der Waals surface area contributed by atoms with E-state index >= 15 is 0 Å². The fraction of sp³-hybridized carbons (Fsp3) is 0. The molecule has 0 aliphatic heterocycles. The Morgan fingerprint density at radius 2 is 0.935 bits per heavy atom. The van der Waals surface area contributed by atoms with Crippen LogP contribution in [0.5, 0.6) is 0 Å². The molecular weight excluding hydrogens is 480 g/mol. The Balaban J connectivity index is 1.87. The third-order valence-corrected chi connectivity index (χ3v) is 12.5. The second kappa shape index (κ2) is 8.91. The van der Waals surface area contributed by atoms with Gasteiger partial charge in [-0.25, -0.2) is 0 Å².